The van der Waals surface area contributed by atoms with E-state index in [1.807, 2.05) is 12.1 Å². The van der Waals surface area contributed by atoms with Crippen molar-refractivity contribution in [3.63, 3.8) is 0 Å². The summed E-state index contributed by atoms with van der Waals surface area (Å²) in [6.45, 7) is 0.810. The first kappa shape index (κ1) is 20.1. The van der Waals surface area contributed by atoms with Crippen LogP contribution in [0.1, 0.15) is 50.5 Å². The summed E-state index contributed by atoms with van der Waals surface area (Å²) in [5.41, 5.74) is 1.04. The Morgan fingerprint density at radius 1 is 1.17 bits per heavy atom. The van der Waals surface area contributed by atoms with Gasteiger partial charge in [0.05, 0.1) is 18.8 Å². The number of carboxylic acid groups (broad SMARTS) is 1. The van der Waals surface area contributed by atoms with Crippen molar-refractivity contribution >= 4 is 5.97 Å². The van der Waals surface area contributed by atoms with Gasteiger partial charge < -0.3 is 19.3 Å². The number of rotatable bonds is 8. The number of ether oxygens (including phenoxy) is 3. The van der Waals surface area contributed by atoms with Gasteiger partial charge in [-0.25, -0.2) is 9.18 Å². The lowest BCUT2D eigenvalue weighted by Gasteiger charge is -2.53. The van der Waals surface area contributed by atoms with Crippen LogP contribution >= 0.6 is 0 Å². The monoisotopic (exact) mass is 402 g/mol. The van der Waals surface area contributed by atoms with Gasteiger partial charge in [-0.3, -0.25) is 0 Å². The lowest BCUT2D eigenvalue weighted by Crippen LogP contribution is -2.53. The average molecular weight is 402 g/mol. The first-order chi connectivity index (χ1) is 14.0. The van der Waals surface area contributed by atoms with Crippen LogP contribution in [0, 0.1) is 0 Å². The molecule has 0 unspecified atom stereocenters. The lowest BCUT2D eigenvalue weighted by molar-refractivity contribution is -0.168. The van der Waals surface area contributed by atoms with E-state index in [9.17, 15) is 9.18 Å². The molecule has 5 nitrogen and oxygen atoms in total. The van der Waals surface area contributed by atoms with Crippen molar-refractivity contribution in [3.05, 3.63) is 53.6 Å². The highest BCUT2D eigenvalue weighted by molar-refractivity contribution is 5.67. The van der Waals surface area contributed by atoms with Crippen LogP contribution in [0.15, 0.2) is 48.0 Å². The number of hydrogen-bond donors (Lipinski definition) is 1. The van der Waals surface area contributed by atoms with E-state index in [-0.39, 0.29) is 23.4 Å². The average Bonchev–Trinajstić information content (AvgIpc) is 2.74. The molecule has 2 aliphatic heterocycles. The molecule has 6 heteroatoms. The zero-order valence-corrected chi connectivity index (χ0v) is 16.5. The molecular formula is C23H27FO5. The van der Waals surface area contributed by atoms with Gasteiger partial charge in [0.1, 0.15) is 23.9 Å². The molecular weight excluding hydrogens is 375 g/mol. The molecule has 0 aromatic heterocycles. The van der Waals surface area contributed by atoms with Gasteiger partial charge in [0.15, 0.2) is 0 Å². The SMILES string of the molecule is O=C(O)COCCC12CCC(c3cccc(OC4=CC=C(F)CC4)c3)(CC1)CO2. The van der Waals surface area contributed by atoms with Crippen molar-refractivity contribution in [1.82, 2.24) is 0 Å². The number of fused-ring (bicyclic) bond motifs is 3. The predicted octanol–water partition coefficient (Wildman–Crippen LogP) is 4.67. The van der Waals surface area contributed by atoms with E-state index in [2.05, 4.69) is 12.1 Å². The van der Waals surface area contributed by atoms with Gasteiger partial charge in [0, 0.05) is 18.3 Å². The van der Waals surface area contributed by atoms with Crippen LogP contribution < -0.4 is 4.74 Å². The topological polar surface area (TPSA) is 65.0 Å². The van der Waals surface area contributed by atoms with Gasteiger partial charge in [-0.05, 0) is 62.0 Å². The van der Waals surface area contributed by atoms with Crippen molar-refractivity contribution in [2.45, 2.75) is 56.0 Å². The number of aliphatic carboxylic acids is 1. The largest absolute Gasteiger partial charge is 0.480 e. The Morgan fingerprint density at radius 2 is 2.00 bits per heavy atom. The number of benzene rings is 1. The van der Waals surface area contributed by atoms with Crippen LogP contribution in [0.25, 0.3) is 0 Å². The van der Waals surface area contributed by atoms with Crippen LogP contribution in [0.2, 0.25) is 0 Å². The van der Waals surface area contributed by atoms with Gasteiger partial charge in [0.2, 0.25) is 0 Å². The highest BCUT2D eigenvalue weighted by Gasteiger charge is 2.50. The fraction of sp³-hybridized carbons (Fsp3) is 0.522. The zero-order valence-electron chi connectivity index (χ0n) is 16.5. The summed E-state index contributed by atoms with van der Waals surface area (Å²) >= 11 is 0. The van der Waals surface area contributed by atoms with Crippen molar-refractivity contribution in [1.29, 1.82) is 0 Å². The summed E-state index contributed by atoms with van der Waals surface area (Å²) in [6.07, 6.45) is 8.84. The second-order valence-electron chi connectivity index (χ2n) is 8.32. The van der Waals surface area contributed by atoms with Crippen molar-refractivity contribution in [3.8, 4) is 5.75 Å². The number of carbonyl (C=O) groups is 1. The maximum atomic E-state index is 13.2. The Labute approximate surface area is 170 Å². The normalized spacial score (nSPS) is 28.6. The van der Waals surface area contributed by atoms with Crippen LogP contribution in [0.5, 0.6) is 5.75 Å². The van der Waals surface area contributed by atoms with Gasteiger partial charge in [0.25, 0.3) is 0 Å². The van der Waals surface area contributed by atoms with Crippen molar-refractivity contribution in [2.75, 3.05) is 19.8 Å². The number of allylic oxidation sites excluding steroid dienone is 4. The maximum absolute atomic E-state index is 13.2. The molecule has 0 amide bonds. The first-order valence-corrected chi connectivity index (χ1v) is 10.3. The minimum Gasteiger partial charge on any atom is -0.480 e. The molecule has 2 heterocycles. The molecule has 2 saturated heterocycles. The molecule has 3 fully saturated rings. The Hall–Kier alpha value is -2.18. The van der Waals surface area contributed by atoms with Crippen LogP contribution in [-0.2, 0) is 19.7 Å². The van der Waals surface area contributed by atoms with Crippen molar-refractivity contribution < 1.29 is 28.5 Å². The summed E-state index contributed by atoms with van der Waals surface area (Å²) in [7, 11) is 0. The van der Waals surface area contributed by atoms with Gasteiger partial charge in [-0.1, -0.05) is 12.1 Å². The molecule has 1 N–H and O–H groups in total. The molecule has 156 valence electrons. The molecule has 29 heavy (non-hydrogen) atoms. The number of carboxylic acids is 1. The number of halogens is 1. The van der Waals surface area contributed by atoms with E-state index in [1.54, 1.807) is 6.08 Å². The molecule has 2 bridgehead atoms. The molecule has 2 aliphatic carbocycles. The molecule has 1 aromatic carbocycles. The van der Waals surface area contributed by atoms with Gasteiger partial charge in [-0.15, -0.1) is 0 Å². The quantitative estimate of drug-likeness (QED) is 0.640. The predicted molar refractivity (Wildman–Crippen MR) is 105 cm³/mol. The second kappa shape index (κ2) is 8.28. The third-order valence-electron chi connectivity index (χ3n) is 6.46. The molecule has 4 aliphatic rings. The first-order valence-electron chi connectivity index (χ1n) is 10.3. The summed E-state index contributed by atoms with van der Waals surface area (Å²) in [5.74, 6) is 0.513. The van der Waals surface area contributed by atoms with Gasteiger partial charge >= 0.3 is 5.97 Å². The standard InChI is InChI=1S/C23H27FO5/c24-18-4-6-19(7-5-18)29-20-3-1-2-17(14-20)22-8-10-23(11-9-22,28-16-22)12-13-27-15-21(25)26/h1-4,6,14H,5,7-13,15-16H2,(H,25,26). The Kier molecular flexibility index (Phi) is 5.74. The third kappa shape index (κ3) is 4.54. The van der Waals surface area contributed by atoms with Crippen LogP contribution in [0.4, 0.5) is 4.39 Å². The van der Waals surface area contributed by atoms with E-state index in [0.29, 0.717) is 26.1 Å². The molecule has 1 saturated carbocycles. The highest BCUT2D eigenvalue weighted by Crippen LogP contribution is 2.51. The summed E-state index contributed by atoms with van der Waals surface area (Å²) < 4.78 is 30.7. The van der Waals surface area contributed by atoms with E-state index in [1.165, 1.54) is 11.6 Å². The van der Waals surface area contributed by atoms with E-state index >= 15 is 0 Å². The molecule has 0 spiro atoms. The smallest absolute Gasteiger partial charge is 0.329 e. The lowest BCUT2D eigenvalue weighted by atomic mass is 9.62. The zero-order chi connectivity index (χ0) is 20.3. The Morgan fingerprint density at radius 3 is 2.66 bits per heavy atom. The fourth-order valence-electron chi connectivity index (χ4n) is 4.59. The van der Waals surface area contributed by atoms with Crippen molar-refractivity contribution in [2.24, 2.45) is 0 Å². The molecule has 0 radical (unpaired) electrons. The number of hydrogen-bond acceptors (Lipinski definition) is 4. The fourth-order valence-corrected chi connectivity index (χ4v) is 4.59. The highest BCUT2D eigenvalue weighted by atomic mass is 19.1. The van der Waals surface area contributed by atoms with E-state index in [4.69, 9.17) is 19.3 Å². The third-order valence-corrected chi connectivity index (χ3v) is 6.46. The minimum atomic E-state index is -0.943. The molecule has 0 atom stereocenters. The van der Waals surface area contributed by atoms with Crippen LogP contribution in [-0.4, -0.2) is 36.5 Å². The molecule has 1 aromatic rings. The summed E-state index contributed by atoms with van der Waals surface area (Å²) in [6, 6.07) is 8.17. The Balaban J connectivity index is 1.39. The summed E-state index contributed by atoms with van der Waals surface area (Å²) in [5, 5.41) is 8.69. The minimum absolute atomic E-state index is 0.00397. The second-order valence-corrected chi connectivity index (χ2v) is 8.32. The molecule has 5 rings (SSSR count). The van der Waals surface area contributed by atoms with E-state index < -0.39 is 5.97 Å². The van der Waals surface area contributed by atoms with Gasteiger partial charge in [-0.2, -0.15) is 0 Å². The Bertz CT molecular complexity index is 804. The summed E-state index contributed by atoms with van der Waals surface area (Å²) in [4.78, 5) is 10.6. The maximum Gasteiger partial charge on any atom is 0.329 e. The van der Waals surface area contributed by atoms with E-state index in [0.717, 1.165) is 43.6 Å². The van der Waals surface area contributed by atoms with Crippen LogP contribution in [0.3, 0.4) is 0 Å².